The van der Waals surface area contributed by atoms with E-state index in [0.717, 1.165) is 11.3 Å². The molecule has 0 atom stereocenters. The van der Waals surface area contributed by atoms with Crippen LogP contribution in [0.5, 0.6) is 0 Å². The number of hydrogen-bond acceptors (Lipinski definition) is 4. The van der Waals surface area contributed by atoms with E-state index in [1.54, 1.807) is 30.2 Å². The first-order chi connectivity index (χ1) is 16.1. The van der Waals surface area contributed by atoms with Crippen molar-refractivity contribution < 1.29 is 19.1 Å². The second kappa shape index (κ2) is 10.1. The molecule has 0 radical (unpaired) electrons. The molecule has 4 amide bonds. The Morgan fingerprint density at radius 3 is 2.27 bits per heavy atom. The van der Waals surface area contributed by atoms with Gasteiger partial charge in [0.2, 0.25) is 0 Å². The van der Waals surface area contributed by atoms with Gasteiger partial charge in [0.05, 0.1) is 17.7 Å². The first-order valence-corrected chi connectivity index (χ1v) is 10.7. The van der Waals surface area contributed by atoms with Crippen molar-refractivity contribution in [3.05, 3.63) is 95.6 Å². The van der Waals surface area contributed by atoms with Crippen LogP contribution in [-0.4, -0.2) is 43.0 Å². The van der Waals surface area contributed by atoms with E-state index in [0.29, 0.717) is 42.9 Å². The number of para-hydroxylation sites is 1. The first-order valence-electron chi connectivity index (χ1n) is 10.7. The number of methoxy groups -OCH3 is 1. The number of amides is 4. The number of carbonyl (C=O) groups excluding carboxylic acids is 3. The molecule has 0 bridgehead atoms. The number of carbonyl (C=O) groups is 3. The van der Waals surface area contributed by atoms with Gasteiger partial charge >= 0.3 is 6.03 Å². The molecule has 0 saturated carbocycles. The van der Waals surface area contributed by atoms with Crippen molar-refractivity contribution in [1.82, 2.24) is 4.90 Å². The Morgan fingerprint density at radius 1 is 0.909 bits per heavy atom. The highest BCUT2D eigenvalue weighted by atomic mass is 16.5. The van der Waals surface area contributed by atoms with Crippen LogP contribution in [0.3, 0.4) is 0 Å². The summed E-state index contributed by atoms with van der Waals surface area (Å²) in [6.07, 6.45) is 0.567. The molecule has 0 saturated heterocycles. The first kappa shape index (κ1) is 22.2. The van der Waals surface area contributed by atoms with Crippen molar-refractivity contribution in [3.8, 4) is 0 Å². The third-order valence-electron chi connectivity index (χ3n) is 5.45. The van der Waals surface area contributed by atoms with Crippen molar-refractivity contribution in [2.75, 3.05) is 30.5 Å². The van der Waals surface area contributed by atoms with Crippen LogP contribution >= 0.6 is 0 Å². The molecule has 1 aliphatic heterocycles. The molecular formula is C26H25N3O4. The molecule has 3 aromatic carbocycles. The lowest BCUT2D eigenvalue weighted by Gasteiger charge is -2.23. The van der Waals surface area contributed by atoms with E-state index in [1.807, 2.05) is 60.7 Å². The summed E-state index contributed by atoms with van der Waals surface area (Å²) in [5, 5.41) is 2.88. The molecule has 3 aromatic rings. The van der Waals surface area contributed by atoms with Gasteiger partial charge in [0.25, 0.3) is 11.8 Å². The number of imide groups is 1. The molecular weight excluding hydrogens is 418 g/mol. The van der Waals surface area contributed by atoms with Crippen molar-refractivity contribution in [2.45, 2.75) is 13.0 Å². The van der Waals surface area contributed by atoms with E-state index in [2.05, 4.69) is 5.32 Å². The predicted molar refractivity (Wildman–Crippen MR) is 126 cm³/mol. The summed E-state index contributed by atoms with van der Waals surface area (Å²) < 4.78 is 5.01. The summed E-state index contributed by atoms with van der Waals surface area (Å²) >= 11 is 0. The number of rotatable bonds is 8. The predicted octanol–water partition coefficient (Wildman–Crippen LogP) is 4.56. The maximum atomic E-state index is 13.2. The molecule has 0 unspecified atom stereocenters. The molecule has 0 aliphatic carbocycles. The Morgan fingerprint density at radius 2 is 1.58 bits per heavy atom. The summed E-state index contributed by atoms with van der Waals surface area (Å²) in [5.74, 6) is -0.676. The Kier molecular flexibility index (Phi) is 6.80. The Bertz CT molecular complexity index is 1150. The normalized spacial score (nSPS) is 12.6. The van der Waals surface area contributed by atoms with Crippen LogP contribution in [0.15, 0.2) is 78.9 Å². The minimum absolute atomic E-state index is 0.292. The largest absolute Gasteiger partial charge is 0.385 e. The lowest BCUT2D eigenvalue weighted by molar-refractivity contribution is 0.0638. The van der Waals surface area contributed by atoms with Gasteiger partial charge in [0, 0.05) is 31.6 Å². The monoisotopic (exact) mass is 443 g/mol. The minimum atomic E-state index is -0.355. The zero-order valence-corrected chi connectivity index (χ0v) is 18.4. The summed E-state index contributed by atoms with van der Waals surface area (Å²) in [7, 11) is 1.58. The molecule has 7 heteroatoms. The van der Waals surface area contributed by atoms with Gasteiger partial charge in [-0.15, -0.1) is 0 Å². The highest BCUT2D eigenvalue weighted by Gasteiger charge is 2.35. The summed E-state index contributed by atoms with van der Waals surface area (Å²) in [5.41, 5.74) is 2.82. The topological polar surface area (TPSA) is 79.0 Å². The molecule has 4 rings (SSSR count). The van der Waals surface area contributed by atoms with E-state index in [-0.39, 0.29) is 17.8 Å². The Hall–Kier alpha value is -3.97. The number of urea groups is 1. The second-order valence-electron chi connectivity index (χ2n) is 7.71. The van der Waals surface area contributed by atoms with E-state index < -0.39 is 0 Å². The highest BCUT2D eigenvalue weighted by molar-refractivity contribution is 6.22. The fourth-order valence-corrected chi connectivity index (χ4v) is 3.78. The highest BCUT2D eigenvalue weighted by Crippen LogP contribution is 2.27. The second-order valence-corrected chi connectivity index (χ2v) is 7.71. The molecule has 7 nitrogen and oxygen atoms in total. The van der Waals surface area contributed by atoms with Crippen molar-refractivity contribution in [2.24, 2.45) is 0 Å². The minimum Gasteiger partial charge on any atom is -0.385 e. The summed E-state index contributed by atoms with van der Waals surface area (Å²) in [6.45, 7) is 1.14. The number of anilines is 2. The van der Waals surface area contributed by atoms with Gasteiger partial charge in [0.1, 0.15) is 0 Å². The van der Waals surface area contributed by atoms with Gasteiger partial charge in [-0.3, -0.25) is 19.4 Å². The SMILES string of the molecule is COCCCN1C(=O)c2ccc(NC(=O)N(Cc3ccccc3)c3ccccc3)cc2C1=O. The zero-order chi connectivity index (χ0) is 23.2. The van der Waals surface area contributed by atoms with Gasteiger partial charge in [0.15, 0.2) is 0 Å². The molecule has 33 heavy (non-hydrogen) atoms. The van der Waals surface area contributed by atoms with Crippen LogP contribution in [0.25, 0.3) is 0 Å². The van der Waals surface area contributed by atoms with E-state index >= 15 is 0 Å². The van der Waals surface area contributed by atoms with Crippen LogP contribution in [0.2, 0.25) is 0 Å². The van der Waals surface area contributed by atoms with Gasteiger partial charge in [-0.05, 0) is 42.3 Å². The van der Waals surface area contributed by atoms with Gasteiger partial charge in [-0.2, -0.15) is 0 Å². The zero-order valence-electron chi connectivity index (χ0n) is 18.4. The van der Waals surface area contributed by atoms with Gasteiger partial charge < -0.3 is 10.1 Å². The van der Waals surface area contributed by atoms with Crippen LogP contribution in [0, 0.1) is 0 Å². The van der Waals surface area contributed by atoms with E-state index in [1.165, 1.54) is 4.90 Å². The van der Waals surface area contributed by atoms with E-state index in [4.69, 9.17) is 4.74 Å². The van der Waals surface area contributed by atoms with Crippen LogP contribution in [0.4, 0.5) is 16.2 Å². The van der Waals surface area contributed by atoms with Crippen molar-refractivity contribution in [3.63, 3.8) is 0 Å². The van der Waals surface area contributed by atoms with Gasteiger partial charge in [-0.25, -0.2) is 4.79 Å². The smallest absolute Gasteiger partial charge is 0.326 e. The van der Waals surface area contributed by atoms with Crippen molar-refractivity contribution >= 4 is 29.2 Å². The number of nitrogens with zero attached hydrogens (tertiary/aromatic N) is 2. The third-order valence-corrected chi connectivity index (χ3v) is 5.45. The maximum Gasteiger partial charge on any atom is 0.326 e. The molecule has 0 spiro atoms. The average Bonchev–Trinajstić information content (AvgIpc) is 3.08. The maximum absolute atomic E-state index is 13.2. The summed E-state index contributed by atoms with van der Waals surface area (Å²) in [4.78, 5) is 41.5. The molecule has 0 fully saturated rings. The molecule has 1 N–H and O–H groups in total. The third kappa shape index (κ3) is 4.94. The quantitative estimate of drug-likeness (QED) is 0.409. The average molecular weight is 444 g/mol. The number of ether oxygens (including phenoxy) is 1. The summed E-state index contributed by atoms with van der Waals surface area (Å²) in [6, 6.07) is 23.5. The van der Waals surface area contributed by atoms with E-state index in [9.17, 15) is 14.4 Å². The number of benzene rings is 3. The number of hydrogen-bond donors (Lipinski definition) is 1. The molecule has 1 aliphatic rings. The Labute approximate surface area is 192 Å². The van der Waals surface area contributed by atoms with Crippen LogP contribution < -0.4 is 10.2 Å². The molecule has 0 aromatic heterocycles. The lowest BCUT2D eigenvalue weighted by atomic mass is 10.1. The fourth-order valence-electron chi connectivity index (χ4n) is 3.78. The Balaban J connectivity index is 1.54. The molecule has 168 valence electrons. The standard InChI is InChI=1S/C26H25N3O4/c1-33-16-8-15-28-24(30)22-14-13-20(17-23(22)25(28)31)27-26(32)29(21-11-6-3-7-12-21)18-19-9-4-2-5-10-19/h2-7,9-14,17H,8,15-16,18H2,1H3,(H,27,32). The molecule has 1 heterocycles. The lowest BCUT2D eigenvalue weighted by Crippen LogP contribution is -2.34. The fraction of sp³-hybridized carbons (Fsp3) is 0.192. The number of fused-ring (bicyclic) bond motifs is 1. The van der Waals surface area contributed by atoms with Crippen LogP contribution in [-0.2, 0) is 11.3 Å². The number of nitrogens with one attached hydrogen (secondary N) is 1. The van der Waals surface area contributed by atoms with Crippen LogP contribution in [0.1, 0.15) is 32.7 Å². The van der Waals surface area contributed by atoms with Gasteiger partial charge in [-0.1, -0.05) is 48.5 Å². The van der Waals surface area contributed by atoms with Crippen molar-refractivity contribution in [1.29, 1.82) is 0 Å².